The van der Waals surface area contributed by atoms with E-state index in [9.17, 15) is 18.0 Å². The van der Waals surface area contributed by atoms with Crippen LogP contribution in [0.1, 0.15) is 75.6 Å². The van der Waals surface area contributed by atoms with Gasteiger partial charge in [0.15, 0.2) is 5.78 Å². The molecule has 200 valence electrons. The summed E-state index contributed by atoms with van der Waals surface area (Å²) in [4.78, 5) is 26.6. The van der Waals surface area contributed by atoms with Crippen LogP contribution in [0, 0.1) is 0 Å². The van der Waals surface area contributed by atoms with Gasteiger partial charge in [-0.2, -0.15) is 4.31 Å². The van der Waals surface area contributed by atoms with Gasteiger partial charge in [0, 0.05) is 17.4 Å². The predicted octanol–water partition coefficient (Wildman–Crippen LogP) is 6.50. The molecule has 0 spiro atoms. The maximum atomic E-state index is 13.7. The highest BCUT2D eigenvalue weighted by molar-refractivity contribution is 7.92. The summed E-state index contributed by atoms with van der Waals surface area (Å²) in [6.07, 6.45) is 3.03. The Hall–Kier alpha value is -3.33. The molecule has 0 aliphatic rings. The van der Waals surface area contributed by atoms with Gasteiger partial charge in [-0.25, -0.2) is 13.2 Å². The van der Waals surface area contributed by atoms with Crippen LogP contribution in [0.2, 0.25) is 0 Å². The summed E-state index contributed by atoms with van der Waals surface area (Å²) in [6.45, 7) is 9.60. The summed E-state index contributed by atoms with van der Waals surface area (Å²) < 4.78 is 42.8. The molecule has 1 aromatic heterocycles. The smallest absolute Gasteiger partial charge is 0.428 e. The molecule has 0 atom stereocenters. The minimum absolute atomic E-state index is 0.0597. The first kappa shape index (κ1) is 28.2. The topological polar surface area (TPSA) is 103 Å². The molecule has 0 N–H and O–H groups in total. The Kier molecular flexibility index (Phi) is 8.68. The first-order valence-corrected chi connectivity index (χ1v) is 14.3. The summed E-state index contributed by atoms with van der Waals surface area (Å²) in [5.41, 5.74) is 0.386. The number of nitrogens with zero attached hydrogens (tertiary/aromatic N) is 1. The summed E-state index contributed by atoms with van der Waals surface area (Å²) in [5.74, 6) is 0.936. The van der Waals surface area contributed by atoms with Crippen LogP contribution in [0.15, 0.2) is 46.9 Å². The molecule has 37 heavy (non-hydrogen) atoms. The SMILES string of the molecule is CCCCc1oc2ccc(N(C(=O)OC(C)(C)C)S(C)(=O)=O)cc2c1C(=O)c1ccc(OCCC)cc1. The van der Waals surface area contributed by atoms with E-state index in [1.165, 1.54) is 12.1 Å². The molecule has 0 unspecified atom stereocenters. The van der Waals surface area contributed by atoms with E-state index >= 15 is 0 Å². The lowest BCUT2D eigenvalue weighted by Crippen LogP contribution is -2.40. The van der Waals surface area contributed by atoms with Gasteiger partial charge in [-0.3, -0.25) is 4.79 Å². The lowest BCUT2D eigenvalue weighted by atomic mass is 9.98. The molecule has 0 fully saturated rings. The van der Waals surface area contributed by atoms with E-state index in [0.717, 1.165) is 25.5 Å². The fraction of sp³-hybridized carbons (Fsp3) is 0.429. The van der Waals surface area contributed by atoms with Crippen LogP contribution >= 0.6 is 0 Å². The second-order valence-electron chi connectivity index (χ2n) is 9.89. The van der Waals surface area contributed by atoms with Crippen molar-refractivity contribution in [2.75, 3.05) is 17.2 Å². The molecule has 8 nitrogen and oxygen atoms in total. The number of fused-ring (bicyclic) bond motifs is 1. The van der Waals surface area contributed by atoms with Crippen LogP contribution < -0.4 is 9.04 Å². The standard InChI is InChI=1S/C28H35NO7S/c1-7-9-10-24-25(26(30)19-11-14-21(15-12-19)34-17-8-2)22-18-20(13-16-23(22)35-24)29(37(6,32)33)27(31)36-28(3,4)5/h11-16,18H,7-10,17H2,1-6H3. The molecule has 0 saturated heterocycles. The Morgan fingerprint density at radius 3 is 2.24 bits per heavy atom. The summed E-state index contributed by atoms with van der Waals surface area (Å²) in [5, 5.41) is 0.428. The van der Waals surface area contributed by atoms with Gasteiger partial charge >= 0.3 is 6.09 Å². The number of hydrogen-bond donors (Lipinski definition) is 0. The summed E-state index contributed by atoms with van der Waals surface area (Å²) >= 11 is 0. The third-order valence-electron chi connectivity index (χ3n) is 5.44. The average molecular weight is 530 g/mol. The van der Waals surface area contributed by atoms with Crippen LogP contribution in [0.3, 0.4) is 0 Å². The molecule has 3 rings (SSSR count). The Bertz CT molecular complexity index is 1370. The number of benzene rings is 2. The molecule has 0 saturated carbocycles. The highest BCUT2D eigenvalue weighted by Crippen LogP contribution is 2.34. The molecule has 9 heteroatoms. The number of ketones is 1. The fourth-order valence-electron chi connectivity index (χ4n) is 3.83. The number of furan rings is 1. The second-order valence-corrected chi connectivity index (χ2v) is 11.7. The molecule has 1 amide bonds. The normalized spacial score (nSPS) is 11.9. The van der Waals surface area contributed by atoms with Gasteiger partial charge in [0.1, 0.15) is 22.7 Å². The van der Waals surface area contributed by atoms with Gasteiger partial charge in [0.2, 0.25) is 10.0 Å². The van der Waals surface area contributed by atoms with Gasteiger partial charge in [0.25, 0.3) is 0 Å². The molecule has 3 aromatic rings. The highest BCUT2D eigenvalue weighted by atomic mass is 32.2. The van der Waals surface area contributed by atoms with Crippen LogP contribution in [0.4, 0.5) is 10.5 Å². The van der Waals surface area contributed by atoms with Crippen LogP contribution in [0.25, 0.3) is 11.0 Å². The van der Waals surface area contributed by atoms with Crippen LogP contribution in [0.5, 0.6) is 5.75 Å². The van der Waals surface area contributed by atoms with Crippen LogP contribution in [-0.4, -0.2) is 38.8 Å². The van der Waals surface area contributed by atoms with Gasteiger partial charge in [0.05, 0.1) is 24.1 Å². The molecule has 0 radical (unpaired) electrons. The van der Waals surface area contributed by atoms with Crippen molar-refractivity contribution in [1.82, 2.24) is 0 Å². The molecule has 1 heterocycles. The number of hydrogen-bond acceptors (Lipinski definition) is 7. The lowest BCUT2D eigenvalue weighted by molar-refractivity contribution is 0.0609. The molecule has 0 bridgehead atoms. The third-order valence-corrected chi connectivity index (χ3v) is 6.47. The van der Waals surface area contributed by atoms with E-state index in [1.807, 2.05) is 13.8 Å². The zero-order chi connectivity index (χ0) is 27.4. The zero-order valence-corrected chi connectivity index (χ0v) is 23.1. The number of anilines is 1. The largest absolute Gasteiger partial charge is 0.494 e. The van der Waals surface area contributed by atoms with Crippen molar-refractivity contribution in [2.24, 2.45) is 0 Å². The zero-order valence-electron chi connectivity index (χ0n) is 22.3. The monoisotopic (exact) mass is 529 g/mol. The minimum Gasteiger partial charge on any atom is -0.494 e. The van der Waals surface area contributed by atoms with Crippen molar-refractivity contribution in [1.29, 1.82) is 0 Å². The van der Waals surface area contributed by atoms with Gasteiger partial charge < -0.3 is 13.9 Å². The number of rotatable bonds is 10. The van der Waals surface area contributed by atoms with Crippen molar-refractivity contribution in [2.45, 2.75) is 65.9 Å². The average Bonchev–Trinajstić information content (AvgIpc) is 3.16. The van der Waals surface area contributed by atoms with E-state index in [2.05, 4.69) is 0 Å². The maximum Gasteiger partial charge on any atom is 0.428 e. The quantitative estimate of drug-likeness (QED) is 0.276. The second kappa shape index (κ2) is 11.4. The van der Waals surface area contributed by atoms with E-state index in [-0.39, 0.29) is 11.5 Å². The Morgan fingerprint density at radius 1 is 1.00 bits per heavy atom. The van der Waals surface area contributed by atoms with Crippen molar-refractivity contribution < 1.29 is 31.9 Å². The first-order valence-electron chi connectivity index (χ1n) is 12.4. The summed E-state index contributed by atoms with van der Waals surface area (Å²) in [6, 6.07) is 11.4. The Labute approximate surface area is 218 Å². The third kappa shape index (κ3) is 6.91. The van der Waals surface area contributed by atoms with Gasteiger partial charge in [-0.05, 0) is 76.1 Å². The number of carbonyl (C=O) groups is 2. The van der Waals surface area contributed by atoms with E-state index in [0.29, 0.717) is 50.9 Å². The number of aryl methyl sites for hydroxylation is 1. The maximum absolute atomic E-state index is 13.7. The predicted molar refractivity (Wildman–Crippen MR) is 144 cm³/mol. The Morgan fingerprint density at radius 2 is 1.68 bits per heavy atom. The van der Waals surface area contributed by atoms with Crippen molar-refractivity contribution in [3.05, 3.63) is 59.4 Å². The van der Waals surface area contributed by atoms with Crippen molar-refractivity contribution in [3.8, 4) is 5.75 Å². The Balaban J connectivity index is 2.13. The number of carbonyl (C=O) groups excluding carboxylic acids is 2. The van der Waals surface area contributed by atoms with E-state index in [4.69, 9.17) is 13.9 Å². The number of unbranched alkanes of at least 4 members (excludes halogenated alkanes) is 1. The van der Waals surface area contributed by atoms with Crippen LogP contribution in [-0.2, 0) is 21.2 Å². The number of amides is 1. The van der Waals surface area contributed by atoms with Gasteiger partial charge in [-0.15, -0.1) is 0 Å². The fourth-order valence-corrected chi connectivity index (χ4v) is 4.63. The molecule has 0 aliphatic heterocycles. The first-order chi connectivity index (χ1) is 17.4. The van der Waals surface area contributed by atoms with E-state index in [1.54, 1.807) is 51.1 Å². The number of sulfonamides is 1. The molecular formula is C28H35NO7S. The minimum atomic E-state index is -4.03. The molecular weight excluding hydrogens is 494 g/mol. The lowest BCUT2D eigenvalue weighted by Gasteiger charge is -2.25. The number of ether oxygens (including phenoxy) is 2. The van der Waals surface area contributed by atoms with Crippen molar-refractivity contribution >= 4 is 38.6 Å². The van der Waals surface area contributed by atoms with E-state index < -0.39 is 21.7 Å². The highest BCUT2D eigenvalue weighted by Gasteiger charge is 2.32. The van der Waals surface area contributed by atoms with Crippen molar-refractivity contribution in [3.63, 3.8) is 0 Å². The summed E-state index contributed by atoms with van der Waals surface area (Å²) in [7, 11) is -4.03. The van der Waals surface area contributed by atoms with Gasteiger partial charge in [-0.1, -0.05) is 20.3 Å². The molecule has 0 aliphatic carbocycles. The molecule has 2 aromatic carbocycles.